The van der Waals surface area contributed by atoms with Crippen LogP contribution in [0.2, 0.25) is 5.02 Å². The minimum Gasteiger partial charge on any atom is -0.497 e. The number of carbonyl (C=O) groups excluding carboxylic acids is 1. The Bertz CT molecular complexity index is 2160. The number of ether oxygens (including phenoxy) is 2. The van der Waals surface area contributed by atoms with Gasteiger partial charge in [-0.1, -0.05) is 16.6 Å². The van der Waals surface area contributed by atoms with E-state index in [2.05, 4.69) is 20.3 Å². The number of aromatic nitrogens is 3. The lowest BCUT2D eigenvalue weighted by Crippen LogP contribution is -2.42. The first-order valence-electron chi connectivity index (χ1n) is 16.8. The van der Waals surface area contributed by atoms with Crippen LogP contribution in [0.3, 0.4) is 0 Å². The van der Waals surface area contributed by atoms with Gasteiger partial charge >= 0.3 is 5.82 Å². The first-order valence-corrected chi connectivity index (χ1v) is 17.2. The van der Waals surface area contributed by atoms with Crippen molar-refractivity contribution in [3.63, 3.8) is 0 Å². The molecular formula is C37H40ClN8O6+. The number of anilines is 2. The molecule has 1 saturated heterocycles. The quantitative estimate of drug-likeness (QED) is 0.0846. The smallest absolute Gasteiger partial charge is 0.368 e. The van der Waals surface area contributed by atoms with E-state index in [-0.39, 0.29) is 28.4 Å². The highest BCUT2D eigenvalue weighted by Crippen LogP contribution is 2.39. The molecule has 4 aromatic rings. The van der Waals surface area contributed by atoms with Crippen LogP contribution in [0.4, 0.5) is 11.5 Å². The lowest BCUT2D eigenvalue weighted by Gasteiger charge is -2.33. The number of halogens is 1. The third-order valence-electron chi connectivity index (χ3n) is 9.29. The maximum absolute atomic E-state index is 14.6. The van der Waals surface area contributed by atoms with Gasteiger partial charge in [0.15, 0.2) is 0 Å². The highest BCUT2D eigenvalue weighted by atomic mass is 35.5. The molecule has 0 bridgehead atoms. The second-order valence-corrected chi connectivity index (χ2v) is 13.7. The standard InChI is InChI=1S/C37H39ClN8O6/c1-46(2,23-24-7-14-40-36(24)45(49)50)17-5-6-34(47)43-15-10-27(11-16-43)44-31-21-33(42-26-8-12-39-13-9-26)41-22-25(31)18-30(37(44)48)29-19-28(51-3)20-32(52-4)35(29)38/h5-6,8-9,12-14,18-22,27H,7,10-11,15-17,23H2,1-4H3/p+1/b6-5+. The molecule has 270 valence electrons. The van der Waals surface area contributed by atoms with E-state index in [1.165, 1.54) is 14.2 Å². The maximum Gasteiger partial charge on any atom is 0.368 e. The number of likely N-dealkylation sites (N-methyl/N-ethyl adjacent to an activating group) is 1. The Morgan fingerprint density at radius 1 is 1.12 bits per heavy atom. The van der Waals surface area contributed by atoms with E-state index in [9.17, 15) is 19.7 Å². The molecule has 1 amide bonds. The molecule has 1 fully saturated rings. The van der Waals surface area contributed by atoms with Crippen LogP contribution in [0.1, 0.15) is 25.3 Å². The Morgan fingerprint density at radius 2 is 1.87 bits per heavy atom. The number of nitro groups is 1. The molecule has 6 rings (SSSR count). The molecule has 2 aliphatic heterocycles. The second-order valence-electron chi connectivity index (χ2n) is 13.3. The lowest BCUT2D eigenvalue weighted by atomic mass is 10.00. The van der Waals surface area contributed by atoms with Crippen LogP contribution in [0.15, 0.2) is 88.3 Å². The molecule has 5 heterocycles. The summed E-state index contributed by atoms with van der Waals surface area (Å²) in [4.78, 5) is 53.1. The minimum absolute atomic E-state index is 0.0876. The summed E-state index contributed by atoms with van der Waals surface area (Å²) in [6, 6.07) is 10.5. The normalized spacial score (nSPS) is 15.1. The van der Waals surface area contributed by atoms with E-state index in [1.807, 2.05) is 38.4 Å². The summed E-state index contributed by atoms with van der Waals surface area (Å²) in [5.74, 6) is 1.22. The predicted octanol–water partition coefficient (Wildman–Crippen LogP) is 5.63. The van der Waals surface area contributed by atoms with E-state index in [0.717, 1.165) is 11.1 Å². The highest BCUT2D eigenvalue weighted by molar-refractivity contribution is 6.35. The number of pyridine rings is 3. The van der Waals surface area contributed by atoms with E-state index in [4.69, 9.17) is 21.1 Å². The van der Waals surface area contributed by atoms with Gasteiger partial charge in [0.05, 0.1) is 51.0 Å². The number of rotatable bonds is 12. The third-order valence-corrected chi connectivity index (χ3v) is 9.68. The Balaban J connectivity index is 1.26. The van der Waals surface area contributed by atoms with Gasteiger partial charge in [-0.05, 0) is 48.1 Å². The number of hydrogen-bond donors (Lipinski definition) is 1. The second kappa shape index (κ2) is 15.3. The molecule has 0 saturated carbocycles. The SMILES string of the molecule is COc1cc(OC)c(Cl)c(-c2cc3cnc(Nc4ccncc4)cc3n(C3CCN(C(=O)/C=C/C[N+](C)(C)CC4=C([N+](=O)[O-])N=CC4)CC3)c2=O)c1. The van der Waals surface area contributed by atoms with Gasteiger partial charge in [-0.15, -0.1) is 0 Å². The van der Waals surface area contributed by atoms with Crippen molar-refractivity contribution in [2.75, 3.05) is 59.8 Å². The first-order chi connectivity index (χ1) is 25.0. The molecular weight excluding hydrogens is 688 g/mol. The van der Waals surface area contributed by atoms with Crippen molar-refractivity contribution in [3.05, 3.63) is 104 Å². The number of carbonyl (C=O) groups is 1. The number of benzene rings is 1. The fourth-order valence-corrected chi connectivity index (χ4v) is 6.97. The number of likely N-dealkylation sites (tertiary alicyclic amines) is 1. The summed E-state index contributed by atoms with van der Waals surface area (Å²) in [5, 5.41) is 15.6. The Kier molecular flexibility index (Phi) is 10.7. The first kappa shape index (κ1) is 36.2. The van der Waals surface area contributed by atoms with Crippen molar-refractivity contribution in [1.29, 1.82) is 0 Å². The van der Waals surface area contributed by atoms with E-state index >= 15 is 0 Å². The Morgan fingerprint density at radius 3 is 2.56 bits per heavy atom. The monoisotopic (exact) mass is 727 g/mol. The number of nitrogens with zero attached hydrogens (tertiary/aromatic N) is 7. The Hall–Kier alpha value is -5.60. The van der Waals surface area contributed by atoms with E-state index < -0.39 is 4.92 Å². The van der Waals surface area contributed by atoms with Crippen LogP contribution >= 0.6 is 11.6 Å². The molecule has 0 aliphatic carbocycles. The van der Waals surface area contributed by atoms with Gasteiger partial charge in [-0.3, -0.25) is 14.6 Å². The summed E-state index contributed by atoms with van der Waals surface area (Å²) in [6.07, 6.45) is 11.6. The van der Waals surface area contributed by atoms with Gasteiger partial charge in [0.25, 0.3) is 5.56 Å². The molecule has 0 atom stereocenters. The van der Waals surface area contributed by atoms with Crippen molar-refractivity contribution in [1.82, 2.24) is 19.4 Å². The molecule has 1 aromatic carbocycles. The molecule has 0 radical (unpaired) electrons. The lowest BCUT2D eigenvalue weighted by molar-refractivity contribution is -0.880. The number of nitrogens with one attached hydrogen (secondary N) is 1. The number of amides is 1. The zero-order valence-electron chi connectivity index (χ0n) is 29.4. The van der Waals surface area contributed by atoms with Crippen molar-refractivity contribution in [2.45, 2.75) is 25.3 Å². The molecule has 0 spiro atoms. The van der Waals surface area contributed by atoms with Crippen LogP contribution < -0.4 is 20.3 Å². The van der Waals surface area contributed by atoms with Gasteiger partial charge in [0.1, 0.15) is 30.1 Å². The fraction of sp³-hybridized carbons (Fsp3) is 0.324. The van der Waals surface area contributed by atoms with Crippen molar-refractivity contribution >= 4 is 46.1 Å². The maximum atomic E-state index is 14.6. The molecule has 52 heavy (non-hydrogen) atoms. The van der Waals surface area contributed by atoms with Gasteiger partial charge in [-0.2, -0.15) is 0 Å². The van der Waals surface area contributed by atoms with Crippen molar-refractivity contribution in [3.8, 4) is 22.6 Å². The zero-order valence-corrected chi connectivity index (χ0v) is 30.2. The zero-order chi connectivity index (χ0) is 37.0. The largest absolute Gasteiger partial charge is 0.497 e. The summed E-state index contributed by atoms with van der Waals surface area (Å²) >= 11 is 6.79. The number of quaternary nitrogens is 1. The van der Waals surface area contributed by atoms with E-state index in [1.54, 1.807) is 58.5 Å². The van der Waals surface area contributed by atoms with E-state index in [0.29, 0.717) is 89.5 Å². The van der Waals surface area contributed by atoms with Crippen LogP contribution in [-0.2, 0) is 4.79 Å². The van der Waals surface area contributed by atoms with Crippen molar-refractivity contribution in [2.24, 2.45) is 4.99 Å². The average Bonchev–Trinajstić information content (AvgIpc) is 3.60. The highest BCUT2D eigenvalue weighted by Gasteiger charge is 2.29. The topological polar surface area (TPSA) is 154 Å². The Labute approximate surface area is 305 Å². The molecule has 15 heteroatoms. The third kappa shape index (κ3) is 7.82. The predicted molar refractivity (Wildman–Crippen MR) is 200 cm³/mol. The number of hydrogen-bond acceptors (Lipinski definition) is 10. The summed E-state index contributed by atoms with van der Waals surface area (Å²) in [6.45, 7) is 1.85. The summed E-state index contributed by atoms with van der Waals surface area (Å²) in [5.41, 5.74) is 2.78. The number of aliphatic imine (C=N–C) groups is 1. The van der Waals surface area contributed by atoms with Crippen LogP contribution in [0, 0.1) is 10.1 Å². The van der Waals surface area contributed by atoms with Crippen molar-refractivity contribution < 1.29 is 23.7 Å². The fourth-order valence-electron chi connectivity index (χ4n) is 6.68. The van der Waals surface area contributed by atoms with Crippen LogP contribution in [0.25, 0.3) is 22.0 Å². The summed E-state index contributed by atoms with van der Waals surface area (Å²) in [7, 11) is 6.96. The van der Waals surface area contributed by atoms with Crippen LogP contribution in [0.5, 0.6) is 11.5 Å². The van der Waals surface area contributed by atoms with Gasteiger partial charge in [0.2, 0.25) is 5.91 Å². The molecule has 0 unspecified atom stereocenters. The molecule has 1 N–H and O–H groups in total. The van der Waals surface area contributed by atoms with Gasteiger partial charge in [-0.25, -0.2) is 4.98 Å². The molecule has 14 nitrogen and oxygen atoms in total. The average molecular weight is 728 g/mol. The van der Waals surface area contributed by atoms with Gasteiger partial charge in [0, 0.05) is 84.6 Å². The van der Waals surface area contributed by atoms with Gasteiger partial charge < -0.3 is 38.9 Å². The number of methoxy groups -OCH3 is 2. The molecule has 2 aliphatic rings. The molecule has 3 aromatic heterocycles. The van der Waals surface area contributed by atoms with Crippen LogP contribution in [-0.4, -0.2) is 95.5 Å². The number of piperidine rings is 1. The number of fused-ring (bicyclic) bond motifs is 1. The summed E-state index contributed by atoms with van der Waals surface area (Å²) < 4.78 is 13.2. The minimum atomic E-state index is -0.449.